The third-order valence-electron chi connectivity index (χ3n) is 7.84. The molecule has 1 aromatic heterocycles. The normalized spacial score (nSPS) is 20.8. The van der Waals surface area contributed by atoms with Crippen LogP contribution in [-0.2, 0) is 9.59 Å². The molecule has 1 saturated heterocycles. The van der Waals surface area contributed by atoms with E-state index < -0.39 is 23.6 Å². The van der Waals surface area contributed by atoms with E-state index in [-0.39, 0.29) is 17.6 Å². The third-order valence-corrected chi connectivity index (χ3v) is 8.11. The lowest BCUT2D eigenvalue weighted by Crippen LogP contribution is -2.64. The molecule has 2 aromatic rings. The van der Waals surface area contributed by atoms with Gasteiger partial charge in [0.15, 0.2) is 5.76 Å². The minimum atomic E-state index is -1.04. The van der Waals surface area contributed by atoms with Crippen molar-refractivity contribution in [3.8, 4) is 0 Å². The van der Waals surface area contributed by atoms with Crippen LogP contribution in [0.15, 0.2) is 34.7 Å². The van der Waals surface area contributed by atoms with Crippen LogP contribution in [0.1, 0.15) is 73.2 Å². The maximum atomic E-state index is 13.6. The summed E-state index contributed by atoms with van der Waals surface area (Å²) in [7, 11) is 0. The fourth-order valence-corrected chi connectivity index (χ4v) is 5.58. The molecule has 212 valence electrons. The molecule has 39 heavy (non-hydrogen) atoms. The van der Waals surface area contributed by atoms with E-state index in [2.05, 4.69) is 16.0 Å². The van der Waals surface area contributed by atoms with Gasteiger partial charge in [0, 0.05) is 25.4 Å². The molecule has 2 aliphatic rings. The summed E-state index contributed by atoms with van der Waals surface area (Å²) < 4.78 is 5.59. The first-order valence-electron chi connectivity index (χ1n) is 13.8. The average molecular weight is 559 g/mol. The number of carbonyl (C=O) groups excluding carboxylic acids is 3. The van der Waals surface area contributed by atoms with Gasteiger partial charge in [0.1, 0.15) is 11.3 Å². The number of β-amino-alcohol motifs (C(OH)–C–C–N with tert-alkyl or cyclic N) is 1. The Kier molecular flexibility index (Phi) is 9.56. The highest BCUT2D eigenvalue weighted by molar-refractivity contribution is 6.18. The van der Waals surface area contributed by atoms with E-state index in [9.17, 15) is 19.5 Å². The fourth-order valence-electron chi connectivity index (χ4n) is 5.45. The molecule has 2 atom stereocenters. The Morgan fingerprint density at radius 2 is 1.90 bits per heavy atom. The first-order chi connectivity index (χ1) is 18.7. The van der Waals surface area contributed by atoms with E-state index in [0.717, 1.165) is 30.5 Å². The molecule has 4 rings (SSSR count). The number of amides is 3. The lowest BCUT2D eigenvalue weighted by atomic mass is 9.80. The van der Waals surface area contributed by atoms with Crippen LogP contribution in [0.4, 0.5) is 11.4 Å². The van der Waals surface area contributed by atoms with Crippen molar-refractivity contribution < 1.29 is 23.9 Å². The van der Waals surface area contributed by atoms with Crippen molar-refractivity contribution in [2.45, 2.75) is 82.9 Å². The molecule has 10 heteroatoms. The van der Waals surface area contributed by atoms with E-state index in [1.165, 1.54) is 0 Å². The van der Waals surface area contributed by atoms with Gasteiger partial charge in [-0.1, -0.05) is 31.4 Å². The number of hydrogen-bond donors (Lipinski definition) is 4. The fraction of sp³-hybridized carbons (Fsp3) is 0.552. The zero-order chi connectivity index (χ0) is 28.0. The summed E-state index contributed by atoms with van der Waals surface area (Å²) in [5, 5.41) is 20.0. The molecular weight excluding hydrogens is 520 g/mol. The first kappa shape index (κ1) is 29.0. The summed E-state index contributed by atoms with van der Waals surface area (Å²) in [4.78, 5) is 41.0. The van der Waals surface area contributed by atoms with Crippen LogP contribution in [-0.4, -0.2) is 59.5 Å². The number of benzene rings is 1. The summed E-state index contributed by atoms with van der Waals surface area (Å²) >= 11 is 5.71. The smallest absolute Gasteiger partial charge is 0.287 e. The SMILES string of the molecule is Cc1cc(C(=O)NC2(C(=O)NC3CCN(c4ccccc4NC(=O)CCCCl)CC3O)CCCCC2)oc1C. The molecule has 2 fully saturated rings. The van der Waals surface area contributed by atoms with Crippen LogP contribution >= 0.6 is 11.6 Å². The average Bonchev–Trinajstić information content (AvgIpc) is 3.27. The van der Waals surface area contributed by atoms with Gasteiger partial charge >= 0.3 is 0 Å². The highest BCUT2D eigenvalue weighted by Gasteiger charge is 2.43. The number of alkyl halides is 1. The monoisotopic (exact) mass is 558 g/mol. The van der Waals surface area contributed by atoms with Crippen molar-refractivity contribution in [2.75, 3.05) is 29.2 Å². The van der Waals surface area contributed by atoms with Gasteiger partial charge in [-0.15, -0.1) is 11.6 Å². The summed E-state index contributed by atoms with van der Waals surface area (Å²) in [5.74, 6) is 0.528. The number of halogens is 1. The van der Waals surface area contributed by atoms with Crippen LogP contribution in [0.5, 0.6) is 0 Å². The van der Waals surface area contributed by atoms with Gasteiger partial charge in [-0.2, -0.15) is 0 Å². The lowest BCUT2D eigenvalue weighted by Gasteiger charge is -2.41. The Bertz CT molecular complexity index is 1160. The molecule has 4 N–H and O–H groups in total. The second kappa shape index (κ2) is 12.9. The molecule has 2 unspecified atom stereocenters. The number of hydrogen-bond acceptors (Lipinski definition) is 6. The minimum absolute atomic E-state index is 0.106. The Hall–Kier alpha value is -3.04. The van der Waals surface area contributed by atoms with Gasteiger partial charge in [0.05, 0.1) is 23.5 Å². The van der Waals surface area contributed by atoms with Crippen LogP contribution in [0.25, 0.3) is 0 Å². The molecule has 0 radical (unpaired) electrons. The Morgan fingerprint density at radius 3 is 2.56 bits per heavy atom. The number of anilines is 2. The largest absolute Gasteiger partial charge is 0.456 e. The molecule has 2 heterocycles. The molecular formula is C29H39ClN4O5. The third kappa shape index (κ3) is 6.94. The Balaban J connectivity index is 1.41. The zero-order valence-corrected chi connectivity index (χ0v) is 23.5. The predicted molar refractivity (Wildman–Crippen MR) is 151 cm³/mol. The van der Waals surface area contributed by atoms with Crippen molar-refractivity contribution in [1.82, 2.24) is 10.6 Å². The summed E-state index contributed by atoms with van der Waals surface area (Å²) in [6, 6.07) is 8.73. The van der Waals surface area contributed by atoms with Gasteiger partial charge < -0.3 is 30.4 Å². The van der Waals surface area contributed by atoms with E-state index in [1.54, 1.807) is 13.0 Å². The van der Waals surface area contributed by atoms with E-state index in [1.807, 2.05) is 36.1 Å². The Labute approximate surface area is 234 Å². The van der Waals surface area contributed by atoms with Gasteiger partial charge in [-0.3, -0.25) is 14.4 Å². The number of carbonyl (C=O) groups is 3. The van der Waals surface area contributed by atoms with Crippen molar-refractivity contribution in [2.24, 2.45) is 0 Å². The topological polar surface area (TPSA) is 124 Å². The number of aliphatic hydroxyl groups excluding tert-OH is 1. The van der Waals surface area contributed by atoms with E-state index in [4.69, 9.17) is 16.0 Å². The quantitative estimate of drug-likeness (QED) is 0.344. The number of rotatable bonds is 9. The molecule has 3 amide bonds. The second-order valence-corrected chi connectivity index (χ2v) is 11.1. The van der Waals surface area contributed by atoms with Crippen molar-refractivity contribution in [1.29, 1.82) is 0 Å². The van der Waals surface area contributed by atoms with Crippen molar-refractivity contribution in [3.63, 3.8) is 0 Å². The van der Waals surface area contributed by atoms with E-state index in [0.29, 0.717) is 62.5 Å². The maximum absolute atomic E-state index is 13.6. The van der Waals surface area contributed by atoms with Crippen LogP contribution in [0.3, 0.4) is 0 Å². The van der Waals surface area contributed by atoms with Gasteiger partial charge in [-0.05, 0) is 63.3 Å². The van der Waals surface area contributed by atoms with E-state index >= 15 is 0 Å². The lowest BCUT2D eigenvalue weighted by molar-refractivity contribution is -0.130. The molecule has 9 nitrogen and oxygen atoms in total. The second-order valence-electron chi connectivity index (χ2n) is 10.7. The van der Waals surface area contributed by atoms with Crippen LogP contribution in [0.2, 0.25) is 0 Å². The maximum Gasteiger partial charge on any atom is 0.287 e. The Morgan fingerprint density at radius 1 is 1.15 bits per heavy atom. The summed E-state index contributed by atoms with van der Waals surface area (Å²) in [6.07, 6.45) is 4.37. The molecule has 1 aliphatic heterocycles. The molecule has 1 saturated carbocycles. The van der Waals surface area contributed by atoms with Crippen LogP contribution < -0.4 is 20.9 Å². The minimum Gasteiger partial charge on any atom is -0.456 e. The standard InChI is InChI=1S/C29H39ClN4O5/c1-19-17-25(39-20(19)2)27(37)33-29(13-6-3-7-14-29)28(38)32-22-12-16-34(18-24(22)35)23-10-5-4-9-21(23)31-26(36)11-8-15-30/h4-5,9-10,17,22,24,35H,3,6-8,11-16,18H2,1-2H3,(H,31,36)(H,32,38)(H,33,37). The highest BCUT2D eigenvalue weighted by atomic mass is 35.5. The number of aliphatic hydroxyl groups is 1. The predicted octanol–water partition coefficient (Wildman–Crippen LogP) is 4.04. The number of piperidine rings is 1. The number of para-hydroxylation sites is 2. The van der Waals surface area contributed by atoms with Crippen LogP contribution in [0, 0.1) is 13.8 Å². The zero-order valence-electron chi connectivity index (χ0n) is 22.7. The van der Waals surface area contributed by atoms with Gasteiger partial charge in [0.25, 0.3) is 5.91 Å². The molecule has 1 aliphatic carbocycles. The number of nitrogens with one attached hydrogen (secondary N) is 3. The number of furan rings is 1. The first-order valence-corrected chi connectivity index (χ1v) is 14.3. The van der Waals surface area contributed by atoms with Gasteiger partial charge in [-0.25, -0.2) is 0 Å². The van der Waals surface area contributed by atoms with Gasteiger partial charge in [0.2, 0.25) is 11.8 Å². The number of aryl methyl sites for hydroxylation is 2. The molecule has 1 aromatic carbocycles. The van der Waals surface area contributed by atoms with Crippen molar-refractivity contribution in [3.05, 3.63) is 47.4 Å². The molecule has 0 bridgehead atoms. The molecule has 0 spiro atoms. The summed E-state index contributed by atoms with van der Waals surface area (Å²) in [6.45, 7) is 4.56. The number of nitrogens with zero attached hydrogens (tertiary/aromatic N) is 1. The summed E-state index contributed by atoms with van der Waals surface area (Å²) in [5.41, 5.74) is 1.34. The van der Waals surface area contributed by atoms with Crippen molar-refractivity contribution >= 4 is 40.7 Å². The highest BCUT2D eigenvalue weighted by Crippen LogP contribution is 2.31.